The summed E-state index contributed by atoms with van der Waals surface area (Å²) in [5.41, 5.74) is 0. The number of phosphoric acid groups is 2. The molecule has 6 atom stereocenters. The molecule has 0 aromatic carbocycles. The van der Waals surface area contributed by atoms with Crippen LogP contribution in [0.4, 0.5) is 0 Å². The van der Waals surface area contributed by atoms with Crippen LogP contribution < -0.4 is 0 Å². The third-order valence-corrected chi connectivity index (χ3v) is 21.6. The molecular formula is C83H162O17P2. The van der Waals surface area contributed by atoms with Crippen molar-refractivity contribution < 1.29 is 80.2 Å². The van der Waals surface area contributed by atoms with Crippen molar-refractivity contribution >= 4 is 39.5 Å². The number of ether oxygens (including phenoxy) is 4. The first-order valence-corrected chi connectivity index (χ1v) is 45.7. The number of carbonyl (C=O) groups is 4. The van der Waals surface area contributed by atoms with E-state index in [1.807, 2.05) is 0 Å². The van der Waals surface area contributed by atoms with Crippen LogP contribution in [0.3, 0.4) is 0 Å². The summed E-state index contributed by atoms with van der Waals surface area (Å²) >= 11 is 0. The average Bonchev–Trinajstić information content (AvgIpc) is 0.912. The first-order valence-electron chi connectivity index (χ1n) is 42.7. The number of rotatable bonds is 80. The van der Waals surface area contributed by atoms with E-state index in [0.717, 1.165) is 114 Å². The third-order valence-electron chi connectivity index (χ3n) is 19.7. The number of aliphatic hydroxyl groups excluding tert-OH is 1. The second-order valence-corrected chi connectivity index (χ2v) is 34.4. The standard InChI is InChI=1S/C83H162O17P2/c1-9-76(8)62-54-46-37-31-24-20-16-12-10-11-13-17-21-25-32-38-47-55-63-80(85)93-69-78(99-83(88)66-58-50-40-34-28-27-30-36-44-52-60-74(4)5)71-97-101(89,90)95-67-77(84)68-96-102(91,92)98-72-79(70-94-81(86)64-56-48-42-41-45-53-61-75(6)7)100-82(87)65-57-49-39-33-26-22-18-14-15-19-23-29-35-43-51-59-73(2)3/h73-79,84H,9-72H2,1-8H3,(H,89,90)(H,91,92)/t76?,77?,78-,79-/m1/s1. The molecule has 0 aliphatic heterocycles. The van der Waals surface area contributed by atoms with Crippen molar-refractivity contribution in [3.63, 3.8) is 0 Å². The van der Waals surface area contributed by atoms with Crippen LogP contribution in [0.15, 0.2) is 0 Å². The van der Waals surface area contributed by atoms with Crippen LogP contribution in [-0.2, 0) is 65.4 Å². The van der Waals surface area contributed by atoms with Gasteiger partial charge in [-0.1, -0.05) is 376 Å². The molecule has 3 N–H and O–H groups in total. The van der Waals surface area contributed by atoms with Gasteiger partial charge in [-0.25, -0.2) is 9.13 Å². The topological polar surface area (TPSA) is 237 Å². The zero-order valence-electron chi connectivity index (χ0n) is 67.2. The molecule has 0 amide bonds. The Balaban J connectivity index is 5.16. The summed E-state index contributed by atoms with van der Waals surface area (Å²) in [6.07, 6.45) is 59.9. The quantitative estimate of drug-likeness (QED) is 0.0222. The van der Waals surface area contributed by atoms with Gasteiger partial charge >= 0.3 is 39.5 Å². The second kappa shape index (κ2) is 72.0. The maximum absolute atomic E-state index is 13.1. The molecule has 0 bridgehead atoms. The zero-order chi connectivity index (χ0) is 75.3. The summed E-state index contributed by atoms with van der Waals surface area (Å²) in [5, 5.41) is 10.6. The Morgan fingerprint density at radius 1 is 0.275 bits per heavy atom. The molecular weight excluding hydrogens is 1330 g/mol. The van der Waals surface area contributed by atoms with E-state index in [1.54, 1.807) is 0 Å². The van der Waals surface area contributed by atoms with Gasteiger partial charge in [0.25, 0.3) is 0 Å². The van der Waals surface area contributed by atoms with Crippen molar-refractivity contribution in [1.82, 2.24) is 0 Å². The second-order valence-electron chi connectivity index (χ2n) is 31.5. The van der Waals surface area contributed by atoms with Gasteiger partial charge in [-0.3, -0.25) is 37.3 Å². The fourth-order valence-corrected chi connectivity index (χ4v) is 14.3. The van der Waals surface area contributed by atoms with Gasteiger partial charge in [-0.05, 0) is 49.4 Å². The molecule has 102 heavy (non-hydrogen) atoms. The Kier molecular flexibility index (Phi) is 70.6. The molecule has 0 saturated carbocycles. The molecule has 0 saturated heterocycles. The Bertz CT molecular complexity index is 1990. The van der Waals surface area contributed by atoms with Gasteiger partial charge in [-0.2, -0.15) is 0 Å². The number of hydrogen-bond donors (Lipinski definition) is 3. The summed E-state index contributed by atoms with van der Waals surface area (Å²) in [7, 11) is -9.92. The highest BCUT2D eigenvalue weighted by Gasteiger charge is 2.30. The van der Waals surface area contributed by atoms with Gasteiger partial charge in [-0.15, -0.1) is 0 Å². The Hall–Kier alpha value is -1.94. The van der Waals surface area contributed by atoms with Crippen molar-refractivity contribution in [1.29, 1.82) is 0 Å². The predicted molar refractivity (Wildman–Crippen MR) is 418 cm³/mol. The van der Waals surface area contributed by atoms with E-state index < -0.39 is 97.5 Å². The number of phosphoric ester groups is 2. The molecule has 4 unspecified atom stereocenters. The molecule has 0 rings (SSSR count). The number of unbranched alkanes of at least 4 members (excludes halogenated alkanes) is 45. The molecule has 0 aromatic rings. The number of hydrogen-bond acceptors (Lipinski definition) is 15. The van der Waals surface area contributed by atoms with E-state index in [9.17, 15) is 43.2 Å². The highest BCUT2D eigenvalue weighted by molar-refractivity contribution is 7.47. The molecule has 17 nitrogen and oxygen atoms in total. The normalized spacial score (nSPS) is 14.3. The molecule has 0 aliphatic carbocycles. The zero-order valence-corrected chi connectivity index (χ0v) is 69.0. The number of aliphatic hydroxyl groups is 1. The first-order chi connectivity index (χ1) is 49.1. The lowest BCUT2D eigenvalue weighted by Crippen LogP contribution is -2.30. The van der Waals surface area contributed by atoms with Crippen LogP contribution in [-0.4, -0.2) is 96.7 Å². The van der Waals surface area contributed by atoms with E-state index in [0.29, 0.717) is 31.6 Å². The van der Waals surface area contributed by atoms with Crippen molar-refractivity contribution in [2.45, 2.75) is 446 Å². The Morgan fingerprint density at radius 2 is 0.471 bits per heavy atom. The lowest BCUT2D eigenvalue weighted by atomic mass is 9.99. The smallest absolute Gasteiger partial charge is 0.462 e. The fraction of sp³-hybridized carbons (Fsp3) is 0.952. The highest BCUT2D eigenvalue weighted by Crippen LogP contribution is 2.45. The molecule has 0 spiro atoms. The van der Waals surface area contributed by atoms with Gasteiger partial charge in [0.15, 0.2) is 12.2 Å². The van der Waals surface area contributed by atoms with Crippen LogP contribution in [0.1, 0.15) is 428 Å². The van der Waals surface area contributed by atoms with Crippen LogP contribution in [0.2, 0.25) is 0 Å². The largest absolute Gasteiger partial charge is 0.472 e. The maximum Gasteiger partial charge on any atom is 0.472 e. The van der Waals surface area contributed by atoms with Gasteiger partial charge in [0.05, 0.1) is 26.4 Å². The van der Waals surface area contributed by atoms with Gasteiger partial charge in [0.1, 0.15) is 19.3 Å². The molecule has 0 radical (unpaired) electrons. The van der Waals surface area contributed by atoms with Crippen LogP contribution >= 0.6 is 15.6 Å². The molecule has 0 fully saturated rings. The van der Waals surface area contributed by atoms with E-state index in [-0.39, 0.29) is 25.7 Å². The van der Waals surface area contributed by atoms with E-state index in [1.165, 1.54) is 225 Å². The SMILES string of the molecule is CCC(C)CCCCCCCCCCCCCCCCCCCCC(=O)OC[C@H](COP(=O)(O)OCC(O)COP(=O)(O)OC[C@@H](COC(=O)CCCCCCCCC(C)C)OC(=O)CCCCCCCCCCCCCCCCCC(C)C)OC(=O)CCCCCCCCCCCCC(C)C. The third kappa shape index (κ3) is 74.9. The van der Waals surface area contributed by atoms with E-state index in [2.05, 4.69) is 55.4 Å². The average molecular weight is 1490 g/mol. The van der Waals surface area contributed by atoms with Crippen LogP contribution in [0, 0.1) is 23.7 Å². The van der Waals surface area contributed by atoms with Crippen molar-refractivity contribution in [2.75, 3.05) is 39.6 Å². The minimum atomic E-state index is -4.96. The first kappa shape index (κ1) is 100. The summed E-state index contributed by atoms with van der Waals surface area (Å²) in [6.45, 7) is 14.3. The molecule has 0 aromatic heterocycles. The summed E-state index contributed by atoms with van der Waals surface area (Å²) in [6, 6.07) is 0. The number of carbonyl (C=O) groups excluding carboxylic acids is 4. The minimum Gasteiger partial charge on any atom is -0.462 e. The fourth-order valence-electron chi connectivity index (χ4n) is 12.8. The Morgan fingerprint density at radius 3 is 0.696 bits per heavy atom. The van der Waals surface area contributed by atoms with Crippen LogP contribution in [0.5, 0.6) is 0 Å². The van der Waals surface area contributed by atoms with Gasteiger partial charge < -0.3 is 33.8 Å². The predicted octanol–water partition coefficient (Wildman–Crippen LogP) is 24.8. The van der Waals surface area contributed by atoms with E-state index >= 15 is 0 Å². The van der Waals surface area contributed by atoms with Crippen LogP contribution in [0.25, 0.3) is 0 Å². The van der Waals surface area contributed by atoms with Crippen molar-refractivity contribution in [3.8, 4) is 0 Å². The maximum atomic E-state index is 13.1. The molecule has 0 heterocycles. The monoisotopic (exact) mass is 1490 g/mol. The molecule has 606 valence electrons. The lowest BCUT2D eigenvalue weighted by molar-refractivity contribution is -0.161. The van der Waals surface area contributed by atoms with E-state index in [4.69, 9.17) is 37.0 Å². The molecule has 19 heteroatoms. The highest BCUT2D eigenvalue weighted by atomic mass is 31.2. The van der Waals surface area contributed by atoms with Gasteiger partial charge in [0, 0.05) is 25.7 Å². The Labute approximate surface area is 626 Å². The van der Waals surface area contributed by atoms with Crippen molar-refractivity contribution in [3.05, 3.63) is 0 Å². The lowest BCUT2D eigenvalue weighted by Gasteiger charge is -2.21. The minimum absolute atomic E-state index is 0.106. The summed E-state index contributed by atoms with van der Waals surface area (Å²) in [5.74, 6) is 0.993. The summed E-state index contributed by atoms with van der Waals surface area (Å²) in [4.78, 5) is 73.0. The molecule has 0 aliphatic rings. The van der Waals surface area contributed by atoms with Gasteiger partial charge in [0.2, 0.25) is 0 Å². The number of esters is 4. The van der Waals surface area contributed by atoms with Crippen molar-refractivity contribution in [2.24, 2.45) is 23.7 Å². The summed E-state index contributed by atoms with van der Waals surface area (Å²) < 4.78 is 68.7.